The summed E-state index contributed by atoms with van der Waals surface area (Å²) in [7, 11) is 0. The van der Waals surface area contributed by atoms with Gasteiger partial charge in [-0.15, -0.1) is 11.8 Å². The van der Waals surface area contributed by atoms with Gasteiger partial charge in [0.2, 0.25) is 5.91 Å². The van der Waals surface area contributed by atoms with Crippen LogP contribution in [0.2, 0.25) is 0 Å². The van der Waals surface area contributed by atoms with Crippen LogP contribution in [0.5, 0.6) is 0 Å². The third-order valence-corrected chi connectivity index (χ3v) is 5.37. The van der Waals surface area contributed by atoms with Gasteiger partial charge in [0, 0.05) is 17.1 Å². The number of carboxylic acids is 1. The Morgan fingerprint density at radius 2 is 2.12 bits per heavy atom. The fraction of sp³-hybridized carbons (Fsp3) is 0.312. The van der Waals surface area contributed by atoms with Gasteiger partial charge in [-0.1, -0.05) is 18.2 Å². The molecule has 2 aliphatic heterocycles. The first-order valence-corrected chi connectivity index (χ1v) is 8.90. The summed E-state index contributed by atoms with van der Waals surface area (Å²) in [6, 6.07) is 9.63. The Kier molecular flexibility index (Phi) is 5.06. The maximum absolute atomic E-state index is 11.5. The Morgan fingerprint density at radius 1 is 1.38 bits per heavy atom. The van der Waals surface area contributed by atoms with Gasteiger partial charge >= 0.3 is 5.97 Å². The molecule has 1 aromatic carbocycles. The molecule has 1 amide bonds. The maximum atomic E-state index is 11.5. The molecular weight excluding hydrogens is 346 g/mol. The number of amides is 1. The second-order valence-electron chi connectivity index (χ2n) is 5.47. The lowest BCUT2D eigenvalue weighted by Gasteiger charge is -2.33. The molecule has 3 N–H and O–H groups in total. The lowest BCUT2D eigenvalue weighted by atomic mass is 10.1. The van der Waals surface area contributed by atoms with E-state index in [1.54, 1.807) is 0 Å². The Hall–Kier alpha value is -2.06. The van der Waals surface area contributed by atoms with Crippen LogP contribution in [-0.2, 0) is 9.59 Å². The predicted molar refractivity (Wildman–Crippen MR) is 97.4 cm³/mol. The van der Waals surface area contributed by atoms with Gasteiger partial charge in [-0.25, -0.2) is 4.79 Å². The number of anilines is 1. The number of aliphatic carboxylic acids is 1. The first-order chi connectivity index (χ1) is 11.6. The van der Waals surface area contributed by atoms with Gasteiger partial charge in [0.25, 0.3) is 0 Å². The van der Waals surface area contributed by atoms with Crippen molar-refractivity contribution >= 4 is 46.7 Å². The highest BCUT2D eigenvalue weighted by atomic mass is 32.2. The zero-order valence-electron chi connectivity index (χ0n) is 12.8. The summed E-state index contributed by atoms with van der Waals surface area (Å²) >= 11 is 6.72. The van der Waals surface area contributed by atoms with Crippen molar-refractivity contribution < 1.29 is 14.7 Å². The second kappa shape index (κ2) is 7.23. The molecule has 1 fully saturated rings. The topological polar surface area (TPSA) is 81.7 Å². The van der Waals surface area contributed by atoms with Crippen LogP contribution >= 0.6 is 24.0 Å². The second-order valence-corrected chi connectivity index (χ2v) is 7.15. The van der Waals surface area contributed by atoms with Crippen LogP contribution in [-0.4, -0.2) is 38.9 Å². The molecular formula is C16H17N3O3S2. The fourth-order valence-electron chi connectivity index (χ4n) is 2.65. The molecule has 1 aromatic rings. The van der Waals surface area contributed by atoms with E-state index in [4.69, 9.17) is 12.2 Å². The van der Waals surface area contributed by atoms with E-state index in [1.165, 1.54) is 16.7 Å². The molecule has 6 nitrogen and oxygen atoms in total. The molecule has 24 heavy (non-hydrogen) atoms. The number of allylic oxidation sites excluding steroid dienone is 1. The number of rotatable bonds is 6. The summed E-state index contributed by atoms with van der Waals surface area (Å²) in [5.74, 6) is -1.13. The van der Waals surface area contributed by atoms with E-state index in [-0.39, 0.29) is 17.0 Å². The zero-order valence-corrected chi connectivity index (χ0v) is 14.5. The molecule has 2 aliphatic rings. The van der Waals surface area contributed by atoms with E-state index in [2.05, 4.69) is 10.6 Å². The molecule has 0 unspecified atom stereocenters. The number of thiocarbonyl (C=S) groups is 1. The quantitative estimate of drug-likeness (QED) is 0.407. The smallest absolute Gasteiger partial charge is 0.353 e. The van der Waals surface area contributed by atoms with Crippen molar-refractivity contribution in [3.8, 4) is 0 Å². The van der Waals surface area contributed by atoms with Crippen LogP contribution in [0.25, 0.3) is 0 Å². The number of benzene rings is 1. The van der Waals surface area contributed by atoms with E-state index < -0.39 is 5.97 Å². The number of nitrogens with zero attached hydrogens (tertiary/aromatic N) is 1. The molecule has 0 saturated carbocycles. The number of β-lactam (4-membered cyclic amide) rings is 1. The van der Waals surface area contributed by atoms with Crippen LogP contribution in [0.15, 0.2) is 40.9 Å². The summed E-state index contributed by atoms with van der Waals surface area (Å²) in [4.78, 5) is 25.1. The van der Waals surface area contributed by atoms with E-state index in [1.807, 2.05) is 30.3 Å². The minimum atomic E-state index is -1.03. The molecule has 0 aromatic heterocycles. The summed E-state index contributed by atoms with van der Waals surface area (Å²) in [5, 5.41) is 16.0. The van der Waals surface area contributed by atoms with Gasteiger partial charge in [-0.05, 0) is 37.2 Å². The zero-order chi connectivity index (χ0) is 17.1. The summed E-state index contributed by atoms with van der Waals surface area (Å²) in [6.45, 7) is 0.633. The minimum absolute atomic E-state index is 0.0209. The van der Waals surface area contributed by atoms with E-state index in [0.29, 0.717) is 24.5 Å². The van der Waals surface area contributed by atoms with Crippen molar-refractivity contribution in [3.05, 3.63) is 40.9 Å². The van der Waals surface area contributed by atoms with Crippen LogP contribution in [0, 0.1) is 0 Å². The molecule has 0 bridgehead atoms. The molecule has 3 rings (SSSR count). The largest absolute Gasteiger partial charge is 0.477 e. The van der Waals surface area contributed by atoms with Crippen molar-refractivity contribution in [1.29, 1.82) is 0 Å². The average Bonchev–Trinajstić information content (AvgIpc) is 2.85. The van der Waals surface area contributed by atoms with Gasteiger partial charge in [0.15, 0.2) is 5.11 Å². The first-order valence-electron chi connectivity index (χ1n) is 7.61. The van der Waals surface area contributed by atoms with Gasteiger partial charge < -0.3 is 15.7 Å². The Balaban J connectivity index is 1.46. The van der Waals surface area contributed by atoms with Crippen molar-refractivity contribution in [2.45, 2.75) is 24.6 Å². The number of para-hydroxylation sites is 1. The fourth-order valence-corrected chi connectivity index (χ4v) is 4.31. The van der Waals surface area contributed by atoms with Crippen LogP contribution in [0.3, 0.4) is 0 Å². The third kappa shape index (κ3) is 3.54. The van der Waals surface area contributed by atoms with E-state index >= 15 is 0 Å². The summed E-state index contributed by atoms with van der Waals surface area (Å²) in [6.07, 6.45) is 1.78. The van der Waals surface area contributed by atoms with Crippen molar-refractivity contribution in [3.63, 3.8) is 0 Å². The third-order valence-electron chi connectivity index (χ3n) is 3.79. The minimum Gasteiger partial charge on any atom is -0.477 e. The number of carboxylic acid groups (broad SMARTS) is 1. The number of hydrogen-bond donors (Lipinski definition) is 3. The van der Waals surface area contributed by atoms with Gasteiger partial charge in [-0.2, -0.15) is 0 Å². The number of fused-ring (bicyclic) bond motifs is 1. The molecule has 0 spiro atoms. The van der Waals surface area contributed by atoms with E-state index in [9.17, 15) is 14.7 Å². The lowest BCUT2D eigenvalue weighted by molar-refractivity contribution is -0.145. The molecule has 1 saturated heterocycles. The van der Waals surface area contributed by atoms with Crippen LogP contribution in [0.4, 0.5) is 5.69 Å². The summed E-state index contributed by atoms with van der Waals surface area (Å²) in [5.41, 5.74) is 1.08. The lowest BCUT2D eigenvalue weighted by Crippen LogP contribution is -2.48. The highest BCUT2D eigenvalue weighted by Crippen LogP contribution is 2.47. The summed E-state index contributed by atoms with van der Waals surface area (Å²) < 4.78 is 0. The van der Waals surface area contributed by atoms with Gasteiger partial charge in [0.1, 0.15) is 5.70 Å². The first kappa shape index (κ1) is 16.8. The Bertz CT molecular complexity index is 706. The monoisotopic (exact) mass is 363 g/mol. The van der Waals surface area contributed by atoms with Crippen LogP contribution in [0.1, 0.15) is 19.3 Å². The van der Waals surface area contributed by atoms with Crippen LogP contribution < -0.4 is 10.6 Å². The number of carbonyl (C=O) groups is 2. The van der Waals surface area contributed by atoms with Crippen molar-refractivity contribution in [2.24, 2.45) is 0 Å². The normalized spacial score (nSPS) is 18.9. The Labute approximate surface area is 149 Å². The number of carbonyl (C=O) groups excluding carboxylic acids is 1. The van der Waals surface area contributed by atoms with E-state index in [0.717, 1.165) is 17.0 Å². The number of thioether (sulfide) groups is 1. The predicted octanol–water partition coefficient (Wildman–Crippen LogP) is 2.35. The molecule has 0 aliphatic carbocycles. The van der Waals surface area contributed by atoms with Gasteiger partial charge in [-0.3, -0.25) is 9.69 Å². The number of nitrogens with one attached hydrogen (secondary N) is 2. The van der Waals surface area contributed by atoms with Crippen molar-refractivity contribution in [2.75, 3.05) is 11.9 Å². The maximum Gasteiger partial charge on any atom is 0.353 e. The Morgan fingerprint density at radius 3 is 2.79 bits per heavy atom. The van der Waals surface area contributed by atoms with Crippen molar-refractivity contribution in [1.82, 2.24) is 10.2 Å². The molecule has 0 radical (unpaired) electrons. The highest BCUT2D eigenvalue weighted by molar-refractivity contribution is 8.04. The molecule has 2 heterocycles. The number of hydrogen-bond acceptors (Lipinski definition) is 4. The molecule has 8 heteroatoms. The van der Waals surface area contributed by atoms with Gasteiger partial charge in [0.05, 0.1) is 11.8 Å². The molecule has 126 valence electrons. The standard InChI is InChI=1S/C16H17N3O3S2/c20-12-9-13-19(12)14(15(21)22)11(24-13)7-4-8-17-16(23)18-10-5-2-1-3-6-10/h1-3,5-6,13H,4,7-9H2,(H,21,22)(H2,17,18,23)/t13-/m1/s1. The SMILES string of the molecule is O=C(O)C1=C(CCCNC(=S)Nc2ccccc2)S[C@@H]2CC(=O)N12. The average molecular weight is 363 g/mol. The molecule has 1 atom stereocenters. The highest BCUT2D eigenvalue weighted by Gasteiger charge is 2.47.